The first-order chi connectivity index (χ1) is 12.4. The number of anilines is 1. The van der Waals surface area contributed by atoms with Gasteiger partial charge in [-0.15, -0.1) is 11.3 Å². The van der Waals surface area contributed by atoms with Crippen LogP contribution in [0, 0.1) is 12.8 Å². The zero-order valence-corrected chi connectivity index (χ0v) is 16.2. The third kappa shape index (κ3) is 6.93. The molecule has 0 aliphatic rings. The lowest BCUT2D eigenvalue weighted by Crippen LogP contribution is -2.42. The van der Waals surface area contributed by atoms with E-state index >= 15 is 0 Å². The maximum absolute atomic E-state index is 12.5. The fourth-order valence-electron chi connectivity index (χ4n) is 2.36. The van der Waals surface area contributed by atoms with Gasteiger partial charge in [0.2, 0.25) is 11.8 Å². The third-order valence-corrected chi connectivity index (χ3v) is 4.35. The van der Waals surface area contributed by atoms with Gasteiger partial charge in [0.15, 0.2) is 5.13 Å². The molecule has 0 saturated heterocycles. The van der Waals surface area contributed by atoms with Crippen LogP contribution < -0.4 is 5.32 Å². The molecular weight excluding hydrogens is 350 g/mol. The highest BCUT2D eigenvalue weighted by atomic mass is 32.1. The van der Waals surface area contributed by atoms with Gasteiger partial charge in [0, 0.05) is 11.9 Å². The molecule has 1 heterocycles. The molecule has 6 nitrogen and oxygen atoms in total. The molecule has 26 heavy (non-hydrogen) atoms. The Bertz CT molecular complexity index is 716. The Labute approximate surface area is 158 Å². The highest BCUT2D eigenvalue weighted by molar-refractivity contribution is 7.13. The minimum atomic E-state index is -0.253. The molecule has 2 amide bonds. The largest absolute Gasteiger partial charge is 0.367 e. The number of carbonyl (C=O) groups excluding carboxylic acids is 2. The number of nitrogens with zero attached hydrogens (tertiary/aromatic N) is 2. The molecule has 2 rings (SSSR count). The molecule has 0 bridgehead atoms. The van der Waals surface area contributed by atoms with E-state index in [-0.39, 0.29) is 30.9 Å². The number of benzene rings is 1. The van der Waals surface area contributed by atoms with Crippen LogP contribution in [0.1, 0.15) is 25.1 Å². The quantitative estimate of drug-likeness (QED) is 0.731. The van der Waals surface area contributed by atoms with Crippen LogP contribution in [0.4, 0.5) is 5.13 Å². The highest BCUT2D eigenvalue weighted by Gasteiger charge is 2.19. The van der Waals surface area contributed by atoms with Crippen LogP contribution in [0.2, 0.25) is 0 Å². The van der Waals surface area contributed by atoms with Crippen LogP contribution in [-0.4, -0.2) is 41.4 Å². The molecule has 1 aromatic carbocycles. The van der Waals surface area contributed by atoms with E-state index in [9.17, 15) is 9.59 Å². The lowest BCUT2D eigenvalue weighted by atomic mass is 10.2. The predicted octanol–water partition coefficient (Wildman–Crippen LogP) is 3.09. The average Bonchev–Trinajstić information content (AvgIpc) is 2.99. The molecular formula is C19H25N3O3S. The third-order valence-electron chi connectivity index (χ3n) is 3.48. The summed E-state index contributed by atoms with van der Waals surface area (Å²) in [6.45, 7) is 6.69. The number of carbonyl (C=O) groups is 2. The second kappa shape index (κ2) is 10.0. The van der Waals surface area contributed by atoms with Gasteiger partial charge < -0.3 is 15.0 Å². The number of aryl methyl sites for hydroxylation is 1. The van der Waals surface area contributed by atoms with Gasteiger partial charge in [-0.25, -0.2) is 4.98 Å². The monoisotopic (exact) mass is 375 g/mol. The van der Waals surface area contributed by atoms with Crippen LogP contribution in [0.5, 0.6) is 0 Å². The smallest absolute Gasteiger partial charge is 0.249 e. The second-order valence-corrected chi connectivity index (χ2v) is 7.35. The first-order valence-electron chi connectivity index (χ1n) is 8.55. The highest BCUT2D eigenvalue weighted by Crippen LogP contribution is 2.14. The summed E-state index contributed by atoms with van der Waals surface area (Å²) in [5, 5.41) is 5.15. The molecule has 1 aromatic heterocycles. The van der Waals surface area contributed by atoms with E-state index in [1.54, 1.807) is 0 Å². The summed E-state index contributed by atoms with van der Waals surface area (Å²) in [4.78, 5) is 30.4. The number of thiazole rings is 1. The number of hydrogen-bond donors (Lipinski definition) is 1. The van der Waals surface area contributed by atoms with Gasteiger partial charge in [0.25, 0.3) is 0 Å². The van der Waals surface area contributed by atoms with E-state index in [2.05, 4.69) is 10.3 Å². The topological polar surface area (TPSA) is 71.5 Å². The fourth-order valence-corrected chi connectivity index (χ4v) is 3.06. The Balaban J connectivity index is 1.86. The van der Waals surface area contributed by atoms with Crippen molar-refractivity contribution in [3.05, 3.63) is 47.0 Å². The summed E-state index contributed by atoms with van der Waals surface area (Å²) in [5.41, 5.74) is 1.86. The van der Waals surface area contributed by atoms with Crippen molar-refractivity contribution in [2.24, 2.45) is 5.92 Å². The van der Waals surface area contributed by atoms with Crippen molar-refractivity contribution in [2.45, 2.75) is 27.4 Å². The van der Waals surface area contributed by atoms with Crippen LogP contribution >= 0.6 is 11.3 Å². The van der Waals surface area contributed by atoms with E-state index in [0.29, 0.717) is 18.3 Å². The first-order valence-corrected chi connectivity index (χ1v) is 9.43. The summed E-state index contributed by atoms with van der Waals surface area (Å²) in [6.07, 6.45) is 0. The summed E-state index contributed by atoms with van der Waals surface area (Å²) < 4.78 is 5.51. The Morgan fingerprint density at radius 3 is 2.62 bits per heavy atom. The molecule has 0 fully saturated rings. The summed E-state index contributed by atoms with van der Waals surface area (Å²) in [7, 11) is 0. The molecule has 0 unspecified atom stereocenters. The van der Waals surface area contributed by atoms with E-state index in [0.717, 1.165) is 11.3 Å². The van der Waals surface area contributed by atoms with E-state index in [1.165, 1.54) is 16.2 Å². The molecule has 140 valence electrons. The molecule has 1 N–H and O–H groups in total. The van der Waals surface area contributed by atoms with Crippen molar-refractivity contribution in [2.75, 3.05) is 25.0 Å². The van der Waals surface area contributed by atoms with Crippen LogP contribution in [0.3, 0.4) is 0 Å². The Kier molecular flexibility index (Phi) is 7.74. The van der Waals surface area contributed by atoms with Crippen molar-refractivity contribution >= 4 is 28.3 Å². The van der Waals surface area contributed by atoms with Gasteiger partial charge in [-0.2, -0.15) is 0 Å². The second-order valence-electron chi connectivity index (χ2n) is 6.49. The van der Waals surface area contributed by atoms with Crippen molar-refractivity contribution in [3.63, 3.8) is 0 Å². The fraction of sp³-hybridized carbons (Fsp3) is 0.421. The zero-order valence-electron chi connectivity index (χ0n) is 15.4. The minimum absolute atomic E-state index is 0.00959. The standard InChI is InChI=1S/C19H25N3O3S/c1-14(2)9-22(10-17(23)21-19-20-15(3)13-26-19)18(24)12-25-11-16-7-5-4-6-8-16/h4-8,13-14H,9-12H2,1-3H3,(H,20,21,23). The van der Waals surface area contributed by atoms with Crippen LogP contribution in [0.15, 0.2) is 35.7 Å². The van der Waals surface area contributed by atoms with E-state index in [1.807, 2.05) is 56.5 Å². The number of amides is 2. The first kappa shape index (κ1) is 20.1. The van der Waals surface area contributed by atoms with E-state index in [4.69, 9.17) is 4.74 Å². The molecule has 0 radical (unpaired) electrons. The number of hydrogen-bond acceptors (Lipinski definition) is 5. The number of ether oxygens (including phenoxy) is 1. The predicted molar refractivity (Wildman–Crippen MR) is 103 cm³/mol. The Morgan fingerprint density at radius 2 is 2.00 bits per heavy atom. The average molecular weight is 375 g/mol. The zero-order chi connectivity index (χ0) is 18.9. The molecule has 0 aliphatic heterocycles. The van der Waals surface area contributed by atoms with Crippen molar-refractivity contribution in [1.82, 2.24) is 9.88 Å². The lowest BCUT2D eigenvalue weighted by molar-refractivity contribution is -0.139. The van der Waals surface area contributed by atoms with Crippen molar-refractivity contribution in [3.8, 4) is 0 Å². The number of aromatic nitrogens is 1. The van der Waals surface area contributed by atoms with Crippen LogP contribution in [0.25, 0.3) is 0 Å². The summed E-state index contributed by atoms with van der Waals surface area (Å²) >= 11 is 1.37. The maximum Gasteiger partial charge on any atom is 0.249 e. The van der Waals surface area contributed by atoms with Crippen molar-refractivity contribution < 1.29 is 14.3 Å². The van der Waals surface area contributed by atoms with Gasteiger partial charge in [-0.3, -0.25) is 9.59 Å². The van der Waals surface area contributed by atoms with Crippen molar-refractivity contribution in [1.29, 1.82) is 0 Å². The maximum atomic E-state index is 12.5. The molecule has 0 saturated carbocycles. The number of rotatable bonds is 9. The molecule has 0 aliphatic carbocycles. The lowest BCUT2D eigenvalue weighted by Gasteiger charge is -2.23. The SMILES string of the molecule is Cc1csc(NC(=O)CN(CC(C)C)C(=O)COCc2ccccc2)n1. The van der Waals surface area contributed by atoms with Gasteiger partial charge in [0.1, 0.15) is 13.2 Å². The molecule has 0 atom stereocenters. The van der Waals surface area contributed by atoms with Gasteiger partial charge in [0.05, 0.1) is 12.3 Å². The van der Waals surface area contributed by atoms with Gasteiger partial charge >= 0.3 is 0 Å². The van der Waals surface area contributed by atoms with Gasteiger partial charge in [-0.05, 0) is 18.4 Å². The molecule has 2 aromatic rings. The summed E-state index contributed by atoms with van der Waals surface area (Å²) in [5.74, 6) is -0.195. The molecule has 0 spiro atoms. The number of nitrogens with one attached hydrogen (secondary N) is 1. The van der Waals surface area contributed by atoms with Crippen LogP contribution in [-0.2, 0) is 20.9 Å². The van der Waals surface area contributed by atoms with Gasteiger partial charge in [-0.1, -0.05) is 44.2 Å². The summed E-state index contributed by atoms with van der Waals surface area (Å²) in [6, 6.07) is 9.67. The molecule has 7 heteroatoms. The van der Waals surface area contributed by atoms with E-state index < -0.39 is 0 Å². The Morgan fingerprint density at radius 1 is 1.27 bits per heavy atom. The normalized spacial score (nSPS) is 10.8. The minimum Gasteiger partial charge on any atom is -0.367 e. The Hall–Kier alpha value is -2.25.